The molecular weight excluding hydrogens is 478 g/mol. The Balaban J connectivity index is 2.17. The van der Waals surface area contributed by atoms with E-state index in [1.165, 1.54) is 10.6 Å². The fourth-order valence-electron chi connectivity index (χ4n) is 3.91. The van der Waals surface area contributed by atoms with Crippen LogP contribution in [0, 0.1) is 6.92 Å². The van der Waals surface area contributed by atoms with E-state index in [1.807, 2.05) is 50.2 Å². The highest BCUT2D eigenvalue weighted by Gasteiger charge is 2.26. The topological polar surface area (TPSA) is 96.0 Å². The second kappa shape index (κ2) is 13.9. The number of rotatable bonds is 14. The van der Waals surface area contributed by atoms with Crippen LogP contribution in [0.4, 0.5) is 5.69 Å². The zero-order chi connectivity index (χ0) is 26.7. The second-order valence-corrected chi connectivity index (χ2v) is 10.8. The monoisotopic (exact) mass is 517 g/mol. The number of benzene rings is 2. The average Bonchev–Trinajstić information content (AvgIpc) is 2.84. The van der Waals surface area contributed by atoms with Crippen molar-refractivity contribution in [2.75, 3.05) is 30.8 Å². The maximum atomic E-state index is 13.4. The van der Waals surface area contributed by atoms with E-state index in [0.29, 0.717) is 24.4 Å². The normalized spacial score (nSPS) is 12.0. The molecule has 0 fully saturated rings. The Morgan fingerprint density at radius 2 is 1.81 bits per heavy atom. The molecule has 1 unspecified atom stereocenters. The molecule has 36 heavy (non-hydrogen) atoms. The summed E-state index contributed by atoms with van der Waals surface area (Å²) in [6.45, 7) is 6.58. The van der Waals surface area contributed by atoms with Gasteiger partial charge in [0.05, 0.1) is 19.1 Å². The van der Waals surface area contributed by atoms with E-state index in [1.54, 1.807) is 31.1 Å². The van der Waals surface area contributed by atoms with Gasteiger partial charge >= 0.3 is 0 Å². The number of unbranched alkanes of at least 4 members (excludes halogenated alkanes) is 1. The van der Waals surface area contributed by atoms with E-state index in [0.717, 1.165) is 24.0 Å². The van der Waals surface area contributed by atoms with E-state index >= 15 is 0 Å². The number of amides is 2. The predicted molar refractivity (Wildman–Crippen MR) is 144 cm³/mol. The minimum Gasteiger partial charge on any atom is -0.497 e. The van der Waals surface area contributed by atoms with E-state index in [2.05, 4.69) is 5.32 Å². The molecule has 2 rings (SSSR count). The van der Waals surface area contributed by atoms with Gasteiger partial charge in [0.2, 0.25) is 21.8 Å². The summed E-state index contributed by atoms with van der Waals surface area (Å²) in [6.07, 6.45) is 3.41. The van der Waals surface area contributed by atoms with Gasteiger partial charge in [-0.15, -0.1) is 0 Å². The van der Waals surface area contributed by atoms with Crippen LogP contribution >= 0.6 is 0 Å². The van der Waals surface area contributed by atoms with Crippen LogP contribution < -0.4 is 14.4 Å². The van der Waals surface area contributed by atoms with Gasteiger partial charge < -0.3 is 15.0 Å². The summed E-state index contributed by atoms with van der Waals surface area (Å²) in [5.74, 6) is 0.244. The number of hydrogen-bond donors (Lipinski definition) is 1. The average molecular weight is 518 g/mol. The number of sulfonamides is 1. The van der Waals surface area contributed by atoms with Crippen LogP contribution in [0.15, 0.2) is 48.5 Å². The third-order valence-corrected chi connectivity index (χ3v) is 7.20. The molecule has 0 bridgehead atoms. The molecule has 0 spiro atoms. The third kappa shape index (κ3) is 8.55. The summed E-state index contributed by atoms with van der Waals surface area (Å²) in [5, 5.41) is 2.90. The van der Waals surface area contributed by atoms with Gasteiger partial charge in [0.1, 0.15) is 11.8 Å². The summed E-state index contributed by atoms with van der Waals surface area (Å²) < 4.78 is 31.6. The number of carbonyl (C=O) groups is 2. The van der Waals surface area contributed by atoms with Gasteiger partial charge in [-0.1, -0.05) is 43.7 Å². The molecule has 0 saturated heterocycles. The lowest BCUT2D eigenvalue weighted by Crippen LogP contribution is -2.48. The standard InChI is InChI=1S/C27H39N3O5S/c1-6-7-17-28-27(32)22(3)29(20-23-13-10-14-24(19-23)35-4)26(31)16-11-18-30(36(5,33)34)25-15-9-8-12-21(25)2/h8-10,12-15,19,22H,6-7,11,16-18,20H2,1-5H3,(H,28,32). The Morgan fingerprint density at radius 1 is 1.08 bits per heavy atom. The largest absolute Gasteiger partial charge is 0.497 e. The highest BCUT2D eigenvalue weighted by Crippen LogP contribution is 2.23. The third-order valence-electron chi connectivity index (χ3n) is 6.02. The molecule has 0 aliphatic carbocycles. The number of aryl methyl sites for hydroxylation is 1. The Hall–Kier alpha value is -3.07. The summed E-state index contributed by atoms with van der Waals surface area (Å²) in [7, 11) is -1.95. The van der Waals surface area contributed by atoms with Crippen molar-refractivity contribution in [2.45, 2.75) is 59.0 Å². The molecule has 2 amide bonds. The minimum absolute atomic E-state index is 0.106. The van der Waals surface area contributed by atoms with E-state index in [9.17, 15) is 18.0 Å². The zero-order valence-electron chi connectivity index (χ0n) is 22.0. The molecule has 9 heteroatoms. The molecule has 0 saturated carbocycles. The minimum atomic E-state index is -3.53. The van der Waals surface area contributed by atoms with Gasteiger partial charge in [0, 0.05) is 26.1 Å². The van der Waals surface area contributed by atoms with Crippen molar-refractivity contribution in [3.8, 4) is 5.75 Å². The van der Waals surface area contributed by atoms with Crippen LogP contribution in [0.25, 0.3) is 0 Å². The fraction of sp³-hybridized carbons (Fsp3) is 0.481. The van der Waals surface area contributed by atoms with Crippen LogP contribution in [0.1, 0.15) is 50.7 Å². The molecule has 0 aliphatic rings. The highest BCUT2D eigenvalue weighted by molar-refractivity contribution is 7.92. The van der Waals surface area contributed by atoms with Crippen molar-refractivity contribution < 1.29 is 22.7 Å². The molecule has 0 aliphatic heterocycles. The van der Waals surface area contributed by atoms with Crippen LogP contribution in [-0.4, -0.2) is 57.6 Å². The van der Waals surface area contributed by atoms with Gasteiger partial charge in [-0.3, -0.25) is 13.9 Å². The smallest absolute Gasteiger partial charge is 0.242 e. The Bertz CT molecular complexity index is 1120. The Kier molecular flexibility index (Phi) is 11.2. The first kappa shape index (κ1) is 29.2. The van der Waals surface area contributed by atoms with Gasteiger partial charge in [-0.2, -0.15) is 0 Å². The van der Waals surface area contributed by atoms with Crippen LogP contribution in [0.2, 0.25) is 0 Å². The molecule has 0 radical (unpaired) electrons. The molecule has 0 heterocycles. The number of hydrogen-bond acceptors (Lipinski definition) is 5. The summed E-state index contributed by atoms with van der Waals surface area (Å²) >= 11 is 0. The lowest BCUT2D eigenvalue weighted by atomic mass is 10.1. The van der Waals surface area contributed by atoms with Crippen molar-refractivity contribution in [1.82, 2.24) is 10.2 Å². The summed E-state index contributed by atoms with van der Waals surface area (Å²) in [5.41, 5.74) is 2.28. The molecule has 1 N–H and O–H groups in total. The lowest BCUT2D eigenvalue weighted by Gasteiger charge is -2.29. The quantitative estimate of drug-likeness (QED) is 0.384. The van der Waals surface area contributed by atoms with Gasteiger partial charge in [-0.25, -0.2) is 8.42 Å². The number of para-hydroxylation sites is 1. The molecule has 2 aromatic rings. The van der Waals surface area contributed by atoms with E-state index in [4.69, 9.17) is 4.74 Å². The van der Waals surface area contributed by atoms with E-state index < -0.39 is 16.1 Å². The van der Waals surface area contributed by atoms with Gasteiger partial charge in [0.25, 0.3) is 0 Å². The summed E-state index contributed by atoms with van der Waals surface area (Å²) in [4.78, 5) is 27.7. The maximum absolute atomic E-state index is 13.4. The van der Waals surface area contributed by atoms with Crippen molar-refractivity contribution in [3.63, 3.8) is 0 Å². The number of ether oxygens (including phenoxy) is 1. The number of carbonyl (C=O) groups excluding carboxylic acids is 2. The fourth-order valence-corrected chi connectivity index (χ4v) is 4.93. The second-order valence-electron chi connectivity index (χ2n) is 8.92. The van der Waals surface area contributed by atoms with Crippen LogP contribution in [-0.2, 0) is 26.2 Å². The zero-order valence-corrected chi connectivity index (χ0v) is 22.8. The number of nitrogens with zero attached hydrogens (tertiary/aromatic N) is 2. The molecule has 0 aromatic heterocycles. The summed E-state index contributed by atoms with van der Waals surface area (Å²) in [6, 6.07) is 14.0. The SMILES string of the molecule is CCCCNC(=O)C(C)N(Cc1cccc(OC)c1)C(=O)CCCN(c1ccccc1C)S(C)(=O)=O. The molecule has 198 valence electrons. The molecular formula is C27H39N3O5S. The van der Waals surface area contributed by atoms with Gasteiger partial charge in [0.15, 0.2) is 0 Å². The molecule has 2 aromatic carbocycles. The van der Waals surface area contributed by atoms with Crippen LogP contribution in [0.3, 0.4) is 0 Å². The van der Waals surface area contributed by atoms with Gasteiger partial charge in [-0.05, 0) is 56.0 Å². The lowest BCUT2D eigenvalue weighted by molar-refractivity contribution is -0.140. The first-order valence-corrected chi connectivity index (χ1v) is 14.2. The van der Waals surface area contributed by atoms with Crippen molar-refractivity contribution in [1.29, 1.82) is 0 Å². The first-order chi connectivity index (χ1) is 17.1. The predicted octanol–water partition coefficient (Wildman–Crippen LogP) is 3.88. The Morgan fingerprint density at radius 3 is 2.44 bits per heavy atom. The van der Waals surface area contributed by atoms with Crippen LogP contribution in [0.5, 0.6) is 5.75 Å². The van der Waals surface area contributed by atoms with Crippen molar-refractivity contribution in [2.24, 2.45) is 0 Å². The molecule has 8 nitrogen and oxygen atoms in total. The maximum Gasteiger partial charge on any atom is 0.242 e. The highest BCUT2D eigenvalue weighted by atomic mass is 32.2. The first-order valence-electron chi connectivity index (χ1n) is 12.3. The number of methoxy groups -OCH3 is 1. The van der Waals surface area contributed by atoms with Crippen molar-refractivity contribution in [3.05, 3.63) is 59.7 Å². The molecule has 1 atom stereocenters. The number of nitrogens with one attached hydrogen (secondary N) is 1. The number of anilines is 1. The van der Waals surface area contributed by atoms with E-state index in [-0.39, 0.29) is 31.3 Å². The van der Waals surface area contributed by atoms with Crippen molar-refractivity contribution >= 4 is 27.5 Å². The Labute approximate surface area is 215 Å².